The Morgan fingerprint density at radius 2 is 2.09 bits per heavy atom. The lowest BCUT2D eigenvalue weighted by atomic mass is 10.2. The fourth-order valence-electron chi connectivity index (χ4n) is 2.70. The van der Waals surface area contributed by atoms with Gasteiger partial charge in [0.2, 0.25) is 5.91 Å². The number of carbonyl (C=O) groups excluding carboxylic acids is 2. The van der Waals surface area contributed by atoms with Gasteiger partial charge in [0.1, 0.15) is 0 Å². The van der Waals surface area contributed by atoms with E-state index in [-0.39, 0.29) is 11.8 Å². The number of carbonyl (C=O) groups is 2. The number of hydrogen-bond acceptors (Lipinski definition) is 3. The Kier molecular flexibility index (Phi) is 4.34. The molecule has 3 rings (SSSR count). The lowest BCUT2D eigenvalue weighted by Gasteiger charge is -2.22. The van der Waals surface area contributed by atoms with E-state index in [0.29, 0.717) is 48.0 Å². The molecule has 1 N–H and O–H groups in total. The highest BCUT2D eigenvalue weighted by Crippen LogP contribution is 2.38. The zero-order valence-electron chi connectivity index (χ0n) is 12.8. The van der Waals surface area contributed by atoms with E-state index < -0.39 is 0 Å². The van der Waals surface area contributed by atoms with Crippen molar-refractivity contribution in [3.63, 3.8) is 0 Å². The summed E-state index contributed by atoms with van der Waals surface area (Å²) in [6.07, 6.45) is 2.46. The SMILES string of the molecule is CCn1ncc2c1C(=O)Nc1ccccc1N2C(=O)CCCCl. The van der Waals surface area contributed by atoms with Crippen LogP contribution < -0.4 is 10.2 Å². The number of benzene rings is 1. The van der Waals surface area contributed by atoms with E-state index in [1.807, 2.05) is 25.1 Å². The van der Waals surface area contributed by atoms with Crippen LogP contribution in [0.4, 0.5) is 17.1 Å². The van der Waals surface area contributed by atoms with Gasteiger partial charge >= 0.3 is 0 Å². The molecule has 1 aromatic heterocycles. The summed E-state index contributed by atoms with van der Waals surface area (Å²) in [7, 11) is 0. The van der Waals surface area contributed by atoms with Crippen LogP contribution in [0, 0.1) is 0 Å². The summed E-state index contributed by atoms with van der Waals surface area (Å²) in [4.78, 5) is 26.9. The van der Waals surface area contributed by atoms with Crippen LogP contribution in [-0.2, 0) is 11.3 Å². The van der Waals surface area contributed by atoms with Gasteiger partial charge in [-0.25, -0.2) is 0 Å². The Balaban J connectivity index is 2.16. The van der Waals surface area contributed by atoms with Gasteiger partial charge in [-0.05, 0) is 25.5 Å². The van der Waals surface area contributed by atoms with Crippen LogP contribution in [0.5, 0.6) is 0 Å². The maximum absolute atomic E-state index is 12.7. The molecule has 0 fully saturated rings. The van der Waals surface area contributed by atoms with Crippen molar-refractivity contribution in [1.82, 2.24) is 9.78 Å². The van der Waals surface area contributed by atoms with Gasteiger partial charge in [0.25, 0.3) is 5.91 Å². The van der Waals surface area contributed by atoms with Crippen molar-refractivity contribution < 1.29 is 9.59 Å². The van der Waals surface area contributed by atoms with E-state index in [1.54, 1.807) is 21.8 Å². The maximum atomic E-state index is 12.7. The predicted molar refractivity (Wildman–Crippen MR) is 89.4 cm³/mol. The van der Waals surface area contributed by atoms with E-state index in [2.05, 4.69) is 10.4 Å². The van der Waals surface area contributed by atoms with Gasteiger partial charge in [0.05, 0.1) is 23.3 Å². The lowest BCUT2D eigenvalue weighted by molar-refractivity contribution is -0.117. The van der Waals surface area contributed by atoms with Gasteiger partial charge in [-0.2, -0.15) is 5.10 Å². The van der Waals surface area contributed by atoms with Crippen LogP contribution in [0.15, 0.2) is 30.5 Å². The highest BCUT2D eigenvalue weighted by Gasteiger charge is 2.32. The molecule has 23 heavy (non-hydrogen) atoms. The summed E-state index contributed by atoms with van der Waals surface area (Å²) in [6.45, 7) is 2.45. The summed E-state index contributed by atoms with van der Waals surface area (Å²) >= 11 is 5.71. The van der Waals surface area contributed by atoms with Crippen molar-refractivity contribution in [2.45, 2.75) is 26.3 Å². The summed E-state index contributed by atoms with van der Waals surface area (Å²) in [5, 5.41) is 7.09. The number of para-hydroxylation sites is 2. The Bertz CT molecular complexity index is 756. The van der Waals surface area contributed by atoms with Crippen LogP contribution in [0.2, 0.25) is 0 Å². The van der Waals surface area contributed by atoms with Gasteiger partial charge in [-0.15, -0.1) is 11.6 Å². The van der Waals surface area contributed by atoms with Gasteiger partial charge in [0, 0.05) is 18.8 Å². The number of alkyl halides is 1. The molecular weight excluding hydrogens is 316 g/mol. The third kappa shape index (κ3) is 2.70. The third-order valence-electron chi connectivity index (χ3n) is 3.74. The normalized spacial score (nSPS) is 13.1. The van der Waals surface area contributed by atoms with Crippen LogP contribution in [0.1, 0.15) is 30.3 Å². The van der Waals surface area contributed by atoms with Gasteiger partial charge in [0.15, 0.2) is 5.69 Å². The van der Waals surface area contributed by atoms with E-state index in [9.17, 15) is 9.59 Å². The number of halogens is 1. The first-order chi connectivity index (χ1) is 11.2. The Morgan fingerprint density at radius 1 is 1.30 bits per heavy atom. The number of hydrogen-bond donors (Lipinski definition) is 1. The smallest absolute Gasteiger partial charge is 0.276 e. The molecule has 0 aliphatic carbocycles. The minimum atomic E-state index is -0.264. The van der Waals surface area contributed by atoms with Gasteiger partial charge in [-0.1, -0.05) is 12.1 Å². The van der Waals surface area contributed by atoms with Crippen molar-refractivity contribution in [2.75, 3.05) is 16.1 Å². The maximum Gasteiger partial charge on any atom is 0.276 e. The fourth-order valence-corrected chi connectivity index (χ4v) is 2.83. The molecule has 0 spiro atoms. The lowest BCUT2D eigenvalue weighted by Crippen LogP contribution is -2.26. The van der Waals surface area contributed by atoms with E-state index in [1.165, 1.54) is 0 Å². The number of nitrogens with one attached hydrogen (secondary N) is 1. The minimum absolute atomic E-state index is 0.105. The van der Waals surface area contributed by atoms with Crippen molar-refractivity contribution in [2.24, 2.45) is 0 Å². The van der Waals surface area contributed by atoms with Gasteiger partial charge < -0.3 is 5.32 Å². The van der Waals surface area contributed by atoms with E-state index in [4.69, 9.17) is 11.6 Å². The Morgan fingerprint density at radius 3 is 2.83 bits per heavy atom. The molecule has 2 amide bonds. The highest BCUT2D eigenvalue weighted by molar-refractivity contribution is 6.18. The molecule has 1 aliphatic heterocycles. The summed E-state index contributed by atoms with van der Waals surface area (Å²) in [5.41, 5.74) is 2.15. The first-order valence-electron chi connectivity index (χ1n) is 7.52. The minimum Gasteiger partial charge on any atom is -0.319 e. The standard InChI is InChI=1S/C16H17ClN4O2/c1-2-20-15-13(10-18-20)21(14(22)8-5-9-17)12-7-4-3-6-11(12)19-16(15)23/h3-4,6-7,10H,2,5,8-9H2,1H3,(H,19,23). The largest absolute Gasteiger partial charge is 0.319 e. The van der Waals surface area contributed by atoms with Crippen LogP contribution in [-0.4, -0.2) is 27.5 Å². The van der Waals surface area contributed by atoms with Crippen LogP contribution in [0.25, 0.3) is 0 Å². The average Bonchev–Trinajstić information content (AvgIpc) is 2.93. The zero-order valence-corrected chi connectivity index (χ0v) is 13.5. The molecule has 0 saturated heterocycles. The highest BCUT2D eigenvalue weighted by atomic mass is 35.5. The second-order valence-electron chi connectivity index (χ2n) is 5.19. The van der Waals surface area contributed by atoms with Crippen molar-refractivity contribution in [3.8, 4) is 0 Å². The van der Waals surface area contributed by atoms with Crippen LogP contribution >= 0.6 is 11.6 Å². The topological polar surface area (TPSA) is 67.2 Å². The number of nitrogens with zero attached hydrogens (tertiary/aromatic N) is 3. The molecule has 1 aromatic carbocycles. The summed E-state index contributed by atoms with van der Waals surface area (Å²) in [5.74, 6) is 0.0467. The second-order valence-corrected chi connectivity index (χ2v) is 5.57. The molecule has 0 atom stereocenters. The van der Waals surface area contributed by atoms with E-state index >= 15 is 0 Å². The van der Waals surface area contributed by atoms with Crippen molar-refractivity contribution >= 4 is 40.5 Å². The Labute approximate surface area is 139 Å². The molecule has 0 unspecified atom stereocenters. The second kappa shape index (κ2) is 6.42. The first kappa shape index (κ1) is 15.6. The number of anilines is 3. The third-order valence-corrected chi connectivity index (χ3v) is 4.01. The molecule has 0 radical (unpaired) electrons. The van der Waals surface area contributed by atoms with Crippen LogP contribution in [0.3, 0.4) is 0 Å². The number of rotatable bonds is 4. The molecule has 1 aliphatic rings. The monoisotopic (exact) mass is 332 g/mol. The number of fused-ring (bicyclic) bond motifs is 2. The molecule has 0 bridgehead atoms. The molecular formula is C16H17ClN4O2. The molecule has 2 heterocycles. The molecule has 2 aromatic rings. The number of aryl methyl sites for hydroxylation is 1. The zero-order chi connectivity index (χ0) is 16.4. The quantitative estimate of drug-likeness (QED) is 0.874. The van der Waals surface area contributed by atoms with Crippen molar-refractivity contribution in [3.05, 3.63) is 36.2 Å². The fraction of sp³-hybridized carbons (Fsp3) is 0.312. The number of aromatic nitrogens is 2. The summed E-state index contributed by atoms with van der Waals surface area (Å²) in [6, 6.07) is 7.25. The Hall–Kier alpha value is -2.34. The molecule has 120 valence electrons. The molecule has 0 saturated carbocycles. The van der Waals surface area contributed by atoms with E-state index in [0.717, 1.165) is 0 Å². The van der Waals surface area contributed by atoms with Gasteiger partial charge in [-0.3, -0.25) is 19.2 Å². The molecule has 7 heteroatoms. The molecule has 6 nitrogen and oxygen atoms in total. The predicted octanol–water partition coefficient (Wildman–Crippen LogP) is 3.15. The van der Waals surface area contributed by atoms with Crippen molar-refractivity contribution in [1.29, 1.82) is 0 Å². The summed E-state index contributed by atoms with van der Waals surface area (Å²) < 4.78 is 1.60. The first-order valence-corrected chi connectivity index (χ1v) is 8.06. The number of amides is 2. The average molecular weight is 333 g/mol.